The third-order valence-corrected chi connectivity index (χ3v) is 10.5. The van der Waals surface area contributed by atoms with Crippen molar-refractivity contribution in [2.75, 3.05) is 0 Å². The van der Waals surface area contributed by atoms with E-state index in [0.717, 1.165) is 5.56 Å². The van der Waals surface area contributed by atoms with Gasteiger partial charge in [-0.15, -0.1) is 0 Å². The van der Waals surface area contributed by atoms with Crippen LogP contribution in [0.15, 0.2) is 59.9 Å². The van der Waals surface area contributed by atoms with Crippen LogP contribution in [0.2, 0.25) is 0 Å². The Morgan fingerprint density at radius 1 is 0.875 bits per heavy atom. The highest BCUT2D eigenvalue weighted by Gasteiger charge is 2.68. The average Bonchev–Trinajstić information content (AvgIpc) is 2.97. The van der Waals surface area contributed by atoms with Crippen molar-refractivity contribution in [3.8, 4) is 0 Å². The van der Waals surface area contributed by atoms with Gasteiger partial charge in [-0.25, -0.2) is 4.79 Å². The summed E-state index contributed by atoms with van der Waals surface area (Å²) in [6.07, 6.45) is -1.76. The molecule has 0 amide bonds. The summed E-state index contributed by atoms with van der Waals surface area (Å²) < 4.78 is 29.6. The summed E-state index contributed by atoms with van der Waals surface area (Å²) in [6.45, 7) is 16.4. The number of aliphatic hydroxyl groups is 1. The van der Waals surface area contributed by atoms with E-state index in [1.165, 1.54) is 33.8 Å². The second-order valence-corrected chi connectivity index (χ2v) is 13.9. The summed E-state index contributed by atoms with van der Waals surface area (Å²) in [6, 6.07) is 9.18. The first-order valence-corrected chi connectivity index (χ1v) is 16.1. The van der Waals surface area contributed by atoms with Crippen LogP contribution < -0.4 is 0 Å². The quantitative estimate of drug-likeness (QED) is 0.181. The Morgan fingerprint density at radius 3 is 2.04 bits per heavy atom. The number of hydrogen-bond donors (Lipinski definition) is 1. The van der Waals surface area contributed by atoms with E-state index < -0.39 is 82.5 Å². The van der Waals surface area contributed by atoms with Crippen molar-refractivity contribution in [1.29, 1.82) is 0 Å². The summed E-state index contributed by atoms with van der Waals surface area (Å²) in [5.74, 6) is -4.71. The van der Waals surface area contributed by atoms with Gasteiger partial charge >= 0.3 is 29.8 Å². The lowest BCUT2D eigenvalue weighted by Gasteiger charge is -2.62. The van der Waals surface area contributed by atoms with Crippen molar-refractivity contribution in [3.63, 3.8) is 0 Å². The molecule has 260 valence electrons. The van der Waals surface area contributed by atoms with Crippen molar-refractivity contribution in [1.82, 2.24) is 0 Å². The smallest absolute Gasteiger partial charge is 0.331 e. The van der Waals surface area contributed by atoms with Crippen LogP contribution in [0.1, 0.15) is 80.2 Å². The molecule has 4 rings (SSSR count). The standard InChI is InChI=1S/C37H46O11/c1-20-27-18-37(43)19-29(44-22(3)38)21(2)32(35(37,7)8)33(46-24(5)40)34(47-25(6)41)36(27,9)30(45-23(4)39)17-28(20)48-31(42)16-15-26-13-11-10-12-14-26/h10-16,27-28,30,32-34,43H,1,17-19H2,2-9H3. The first-order chi connectivity index (χ1) is 22.3. The van der Waals surface area contributed by atoms with Gasteiger partial charge in [0, 0.05) is 57.9 Å². The third kappa shape index (κ3) is 6.97. The van der Waals surface area contributed by atoms with E-state index in [4.69, 9.17) is 23.7 Å². The van der Waals surface area contributed by atoms with Gasteiger partial charge < -0.3 is 28.8 Å². The van der Waals surface area contributed by atoms with Gasteiger partial charge in [-0.3, -0.25) is 19.2 Å². The zero-order chi connectivity index (χ0) is 35.8. The molecule has 2 fully saturated rings. The number of ether oxygens (including phenoxy) is 5. The van der Waals surface area contributed by atoms with Gasteiger partial charge in [0.2, 0.25) is 0 Å². The van der Waals surface area contributed by atoms with Crippen LogP contribution in [-0.2, 0) is 47.7 Å². The maximum Gasteiger partial charge on any atom is 0.331 e. The zero-order valence-electron chi connectivity index (χ0n) is 28.9. The van der Waals surface area contributed by atoms with E-state index in [1.54, 1.807) is 19.9 Å². The van der Waals surface area contributed by atoms with Crippen molar-refractivity contribution in [2.24, 2.45) is 22.7 Å². The van der Waals surface area contributed by atoms with Gasteiger partial charge in [-0.2, -0.15) is 0 Å². The molecular weight excluding hydrogens is 620 g/mol. The van der Waals surface area contributed by atoms with Crippen molar-refractivity contribution >= 4 is 35.9 Å². The number of esters is 5. The van der Waals surface area contributed by atoms with E-state index in [-0.39, 0.29) is 25.0 Å². The lowest BCUT2D eigenvalue weighted by atomic mass is 9.46. The van der Waals surface area contributed by atoms with Gasteiger partial charge in [-0.1, -0.05) is 57.7 Å². The van der Waals surface area contributed by atoms with Crippen LogP contribution in [0.3, 0.4) is 0 Å². The third-order valence-electron chi connectivity index (χ3n) is 10.5. The highest BCUT2D eigenvalue weighted by molar-refractivity contribution is 5.87. The van der Waals surface area contributed by atoms with E-state index in [1.807, 2.05) is 44.2 Å². The lowest BCUT2D eigenvalue weighted by Crippen LogP contribution is -2.69. The first-order valence-electron chi connectivity index (χ1n) is 16.1. The molecule has 0 radical (unpaired) electrons. The SMILES string of the molecule is C=C1C(OC(=O)C=Cc2ccccc2)CC(OC(C)=O)C2(C)C1CC1(O)CC(OC(C)=O)=C(C)C(C(OC(C)=O)C2OC(C)=O)C1(C)C. The Bertz CT molecular complexity index is 1540. The molecule has 1 N–H and O–H groups in total. The fourth-order valence-corrected chi connectivity index (χ4v) is 8.07. The van der Waals surface area contributed by atoms with Crippen LogP contribution >= 0.6 is 0 Å². The highest BCUT2D eigenvalue weighted by Crippen LogP contribution is 2.63. The predicted octanol–water partition coefficient (Wildman–Crippen LogP) is 5.01. The van der Waals surface area contributed by atoms with Gasteiger partial charge in [0.25, 0.3) is 0 Å². The monoisotopic (exact) mass is 666 g/mol. The number of fused-ring (bicyclic) bond motifs is 3. The molecule has 0 heterocycles. The number of hydrogen-bond acceptors (Lipinski definition) is 11. The van der Waals surface area contributed by atoms with Gasteiger partial charge in [0.1, 0.15) is 30.2 Å². The first kappa shape index (κ1) is 36.6. The number of carbonyl (C=O) groups is 5. The van der Waals surface area contributed by atoms with Crippen molar-refractivity contribution in [3.05, 3.63) is 65.5 Å². The van der Waals surface area contributed by atoms with Crippen LogP contribution in [-0.4, -0.2) is 65.0 Å². The second-order valence-electron chi connectivity index (χ2n) is 13.9. The van der Waals surface area contributed by atoms with E-state index in [9.17, 15) is 29.1 Å². The molecule has 0 saturated heterocycles. The summed E-state index contributed by atoms with van der Waals surface area (Å²) in [4.78, 5) is 63.6. The molecule has 11 heteroatoms. The minimum absolute atomic E-state index is 0.0408. The minimum Gasteiger partial charge on any atom is -0.462 e. The molecule has 0 spiro atoms. The maximum atomic E-state index is 13.1. The highest BCUT2D eigenvalue weighted by atomic mass is 16.6. The summed E-state index contributed by atoms with van der Waals surface area (Å²) in [7, 11) is 0. The normalized spacial score (nSPS) is 32.6. The summed E-state index contributed by atoms with van der Waals surface area (Å²) >= 11 is 0. The number of rotatable bonds is 7. The Labute approximate surface area is 281 Å². The molecule has 2 saturated carbocycles. The van der Waals surface area contributed by atoms with Crippen molar-refractivity contribution in [2.45, 2.75) is 105 Å². The summed E-state index contributed by atoms with van der Waals surface area (Å²) in [5.41, 5.74) is -2.33. The molecular formula is C37H46O11. The van der Waals surface area contributed by atoms with Gasteiger partial charge in [-0.05, 0) is 42.0 Å². The molecule has 1 aromatic rings. The minimum atomic E-state index is -1.63. The molecule has 48 heavy (non-hydrogen) atoms. The Hall–Kier alpha value is -4.25. The predicted molar refractivity (Wildman–Crippen MR) is 173 cm³/mol. The van der Waals surface area contributed by atoms with Gasteiger partial charge in [0.15, 0.2) is 0 Å². The lowest BCUT2D eigenvalue weighted by molar-refractivity contribution is -0.246. The van der Waals surface area contributed by atoms with Crippen LogP contribution in [0.5, 0.6) is 0 Å². The molecule has 1 aromatic carbocycles. The second kappa shape index (κ2) is 13.7. The van der Waals surface area contributed by atoms with E-state index in [0.29, 0.717) is 11.1 Å². The zero-order valence-corrected chi connectivity index (χ0v) is 28.9. The van der Waals surface area contributed by atoms with Crippen LogP contribution in [0.4, 0.5) is 0 Å². The Morgan fingerprint density at radius 2 is 1.48 bits per heavy atom. The maximum absolute atomic E-state index is 13.1. The molecule has 8 unspecified atom stereocenters. The Balaban J connectivity index is 1.93. The largest absolute Gasteiger partial charge is 0.462 e. The number of carbonyl (C=O) groups excluding carboxylic acids is 5. The van der Waals surface area contributed by atoms with Crippen molar-refractivity contribution < 1.29 is 52.8 Å². The molecule has 2 bridgehead atoms. The molecule has 3 aliphatic carbocycles. The van der Waals surface area contributed by atoms with Crippen LogP contribution in [0, 0.1) is 22.7 Å². The summed E-state index contributed by atoms with van der Waals surface area (Å²) in [5, 5.41) is 12.7. The fraction of sp³-hybridized carbons (Fsp3) is 0.541. The van der Waals surface area contributed by atoms with E-state index >= 15 is 0 Å². The molecule has 0 aromatic heterocycles. The van der Waals surface area contributed by atoms with E-state index in [2.05, 4.69) is 6.58 Å². The fourth-order valence-electron chi connectivity index (χ4n) is 8.07. The van der Waals surface area contributed by atoms with Gasteiger partial charge in [0.05, 0.1) is 11.0 Å². The van der Waals surface area contributed by atoms with Crippen LogP contribution in [0.25, 0.3) is 6.08 Å². The number of benzene rings is 1. The molecule has 11 nitrogen and oxygen atoms in total. The molecule has 0 aliphatic heterocycles. The average molecular weight is 667 g/mol. The molecule has 8 atom stereocenters. The topological polar surface area (TPSA) is 152 Å². The molecule has 3 aliphatic rings. The Kier molecular flexibility index (Phi) is 10.4.